The Labute approximate surface area is 202 Å². The van der Waals surface area contributed by atoms with E-state index in [1.54, 1.807) is 18.3 Å². The molecule has 1 aromatic heterocycles. The maximum absolute atomic E-state index is 12.9. The molecule has 0 saturated carbocycles. The van der Waals surface area contributed by atoms with Crippen molar-refractivity contribution in [1.82, 2.24) is 30.5 Å². The van der Waals surface area contributed by atoms with Crippen LogP contribution in [-0.2, 0) is 16.1 Å². The maximum Gasteiger partial charge on any atom is 0.273 e. The van der Waals surface area contributed by atoms with E-state index in [9.17, 15) is 19.2 Å². The molecular weight excluding hydrogens is 448 g/mol. The van der Waals surface area contributed by atoms with Crippen molar-refractivity contribution in [3.63, 3.8) is 0 Å². The van der Waals surface area contributed by atoms with Gasteiger partial charge in [-0.25, -0.2) is 4.68 Å². The molecule has 35 heavy (non-hydrogen) atoms. The van der Waals surface area contributed by atoms with Crippen LogP contribution in [0.2, 0.25) is 0 Å². The van der Waals surface area contributed by atoms with Gasteiger partial charge in [0.1, 0.15) is 6.04 Å². The fourth-order valence-corrected chi connectivity index (χ4v) is 5.14. The summed E-state index contributed by atoms with van der Waals surface area (Å²) in [5, 5.41) is 13.6. The number of piperidine rings is 1. The topological polar surface area (TPSA) is 126 Å². The number of rotatable bonds is 4. The summed E-state index contributed by atoms with van der Waals surface area (Å²) in [7, 11) is 0. The Morgan fingerprint density at radius 2 is 1.97 bits per heavy atom. The van der Waals surface area contributed by atoms with E-state index in [1.807, 2.05) is 6.07 Å². The first kappa shape index (κ1) is 22.9. The number of nitrogens with one attached hydrogen (secondary N) is 2. The lowest BCUT2D eigenvalue weighted by Gasteiger charge is -2.35. The van der Waals surface area contributed by atoms with Crippen LogP contribution in [0, 0.1) is 0 Å². The van der Waals surface area contributed by atoms with Crippen LogP contribution >= 0.6 is 0 Å². The van der Waals surface area contributed by atoms with Crippen LogP contribution in [0.1, 0.15) is 79.3 Å². The zero-order valence-corrected chi connectivity index (χ0v) is 20.1. The number of fused-ring (bicyclic) bond motifs is 1. The second kappa shape index (κ2) is 8.44. The van der Waals surface area contributed by atoms with Gasteiger partial charge in [0.2, 0.25) is 11.8 Å². The van der Waals surface area contributed by atoms with Crippen LogP contribution in [0.5, 0.6) is 0 Å². The number of nitrogens with zero attached hydrogens (tertiary/aromatic N) is 4. The molecule has 10 nitrogen and oxygen atoms in total. The normalized spacial score (nSPS) is 24.5. The number of aromatic nitrogens is 3. The highest BCUT2D eigenvalue weighted by atomic mass is 16.2. The Morgan fingerprint density at radius 3 is 2.71 bits per heavy atom. The SMILES string of the molecule is CC1=C(C)CC(C)(NC(=O)c2cn(-c3ccc4c(c3)CN(C3CCC(=O)NC3=O)C4=O)nn2)CC1. The van der Waals surface area contributed by atoms with E-state index in [0.717, 1.165) is 24.8 Å². The van der Waals surface area contributed by atoms with Crippen LogP contribution in [-0.4, -0.2) is 55.1 Å². The van der Waals surface area contributed by atoms with Gasteiger partial charge in [0.15, 0.2) is 5.69 Å². The summed E-state index contributed by atoms with van der Waals surface area (Å²) in [4.78, 5) is 51.0. The van der Waals surface area contributed by atoms with Crippen molar-refractivity contribution in [2.45, 2.75) is 71.0 Å². The first-order valence-electron chi connectivity index (χ1n) is 11.8. The summed E-state index contributed by atoms with van der Waals surface area (Å²) in [5.74, 6) is -1.27. The second-order valence-electron chi connectivity index (χ2n) is 10.0. The average Bonchev–Trinajstić information content (AvgIpc) is 3.42. The number of imide groups is 1. The second-order valence-corrected chi connectivity index (χ2v) is 10.0. The largest absolute Gasteiger partial charge is 0.345 e. The summed E-state index contributed by atoms with van der Waals surface area (Å²) < 4.78 is 1.51. The lowest BCUT2D eigenvalue weighted by atomic mass is 9.80. The minimum absolute atomic E-state index is 0.208. The summed E-state index contributed by atoms with van der Waals surface area (Å²) in [6, 6.07) is 4.58. The quantitative estimate of drug-likeness (QED) is 0.514. The number of carbonyl (C=O) groups excluding carboxylic acids is 4. The third-order valence-corrected chi connectivity index (χ3v) is 7.35. The first-order chi connectivity index (χ1) is 16.6. The van der Waals surface area contributed by atoms with Gasteiger partial charge < -0.3 is 10.2 Å². The lowest BCUT2D eigenvalue weighted by molar-refractivity contribution is -0.136. The van der Waals surface area contributed by atoms with Gasteiger partial charge in [0, 0.05) is 24.1 Å². The molecule has 2 aromatic rings. The summed E-state index contributed by atoms with van der Waals surface area (Å²) in [6.07, 6.45) is 4.73. The van der Waals surface area contributed by atoms with E-state index in [-0.39, 0.29) is 41.9 Å². The molecule has 5 rings (SSSR count). The molecule has 0 bridgehead atoms. The number of hydrogen-bond donors (Lipinski definition) is 2. The van der Waals surface area contributed by atoms with Crippen molar-refractivity contribution in [1.29, 1.82) is 0 Å². The van der Waals surface area contributed by atoms with Crippen molar-refractivity contribution in [3.8, 4) is 5.69 Å². The van der Waals surface area contributed by atoms with E-state index < -0.39 is 11.9 Å². The average molecular weight is 477 g/mol. The van der Waals surface area contributed by atoms with Crippen molar-refractivity contribution >= 4 is 23.6 Å². The van der Waals surface area contributed by atoms with Gasteiger partial charge in [0.25, 0.3) is 11.8 Å². The van der Waals surface area contributed by atoms with Gasteiger partial charge in [-0.05, 0) is 70.2 Å². The molecule has 0 spiro atoms. The predicted molar refractivity (Wildman–Crippen MR) is 126 cm³/mol. The fourth-order valence-electron chi connectivity index (χ4n) is 5.14. The zero-order chi connectivity index (χ0) is 24.9. The van der Waals surface area contributed by atoms with Crippen molar-refractivity contribution < 1.29 is 19.2 Å². The summed E-state index contributed by atoms with van der Waals surface area (Å²) in [5.41, 5.74) is 4.52. The van der Waals surface area contributed by atoms with Crippen LogP contribution in [0.3, 0.4) is 0 Å². The summed E-state index contributed by atoms with van der Waals surface area (Å²) >= 11 is 0. The molecule has 2 atom stereocenters. The summed E-state index contributed by atoms with van der Waals surface area (Å²) in [6.45, 7) is 6.56. The molecule has 2 unspecified atom stereocenters. The van der Waals surface area contributed by atoms with Crippen molar-refractivity contribution in [2.24, 2.45) is 0 Å². The monoisotopic (exact) mass is 476 g/mol. The Bertz CT molecular complexity index is 1290. The van der Waals surface area contributed by atoms with Gasteiger partial charge in [-0.2, -0.15) is 0 Å². The Balaban J connectivity index is 1.31. The van der Waals surface area contributed by atoms with Gasteiger partial charge in [0.05, 0.1) is 11.9 Å². The van der Waals surface area contributed by atoms with Gasteiger partial charge in [-0.1, -0.05) is 16.4 Å². The fraction of sp³-hybridized carbons (Fsp3) is 0.440. The van der Waals surface area contributed by atoms with E-state index in [2.05, 4.69) is 41.7 Å². The number of benzene rings is 1. The number of hydrogen-bond acceptors (Lipinski definition) is 6. The van der Waals surface area contributed by atoms with E-state index >= 15 is 0 Å². The van der Waals surface area contributed by atoms with E-state index in [1.165, 1.54) is 20.7 Å². The van der Waals surface area contributed by atoms with Crippen molar-refractivity contribution in [3.05, 3.63) is 52.4 Å². The highest BCUT2D eigenvalue weighted by Gasteiger charge is 2.39. The maximum atomic E-state index is 12.9. The Morgan fingerprint density at radius 1 is 1.17 bits per heavy atom. The molecule has 4 amide bonds. The molecule has 1 saturated heterocycles. The first-order valence-corrected chi connectivity index (χ1v) is 11.8. The van der Waals surface area contributed by atoms with Crippen LogP contribution in [0.25, 0.3) is 5.69 Å². The van der Waals surface area contributed by atoms with Crippen LogP contribution in [0.4, 0.5) is 0 Å². The number of amides is 4. The molecule has 0 radical (unpaired) electrons. The molecule has 1 fully saturated rings. The third-order valence-electron chi connectivity index (χ3n) is 7.35. The predicted octanol–water partition coefficient (Wildman–Crippen LogP) is 2.04. The molecule has 1 aromatic carbocycles. The Kier molecular flexibility index (Phi) is 5.53. The van der Waals surface area contributed by atoms with Gasteiger partial charge in [-0.15, -0.1) is 5.10 Å². The highest BCUT2D eigenvalue weighted by Crippen LogP contribution is 2.32. The molecule has 3 heterocycles. The molecular formula is C25H28N6O4. The number of carbonyl (C=O) groups is 4. The molecule has 1 aliphatic carbocycles. The molecule has 2 N–H and O–H groups in total. The molecule has 182 valence electrons. The van der Waals surface area contributed by atoms with Crippen LogP contribution in [0.15, 0.2) is 35.5 Å². The Hall–Kier alpha value is -3.82. The van der Waals surface area contributed by atoms with Crippen molar-refractivity contribution in [2.75, 3.05) is 0 Å². The smallest absolute Gasteiger partial charge is 0.273 e. The zero-order valence-electron chi connectivity index (χ0n) is 20.1. The lowest BCUT2D eigenvalue weighted by Crippen LogP contribution is -2.52. The standard InChI is InChI=1S/C25H28N6O4/c1-14-8-9-25(3,11-15(14)2)27-22(33)19-13-31(29-28-19)17-4-5-18-16(10-17)12-30(24(18)35)20-6-7-21(32)26-23(20)34/h4-5,10,13,20H,6-9,11-12H2,1-3H3,(H,27,33)(H,26,32,34). The minimum Gasteiger partial charge on any atom is -0.345 e. The number of allylic oxidation sites excluding steroid dienone is 1. The van der Waals surface area contributed by atoms with Crippen LogP contribution < -0.4 is 10.6 Å². The van der Waals surface area contributed by atoms with E-state index in [4.69, 9.17) is 0 Å². The molecule has 3 aliphatic rings. The van der Waals surface area contributed by atoms with Gasteiger partial charge >= 0.3 is 0 Å². The van der Waals surface area contributed by atoms with Gasteiger partial charge in [-0.3, -0.25) is 24.5 Å². The third kappa shape index (κ3) is 4.24. The highest BCUT2D eigenvalue weighted by molar-refractivity contribution is 6.05. The van der Waals surface area contributed by atoms with E-state index in [0.29, 0.717) is 17.7 Å². The molecule has 10 heteroatoms. The molecule has 2 aliphatic heterocycles. The minimum atomic E-state index is -0.666.